The van der Waals surface area contributed by atoms with Crippen molar-refractivity contribution in [3.05, 3.63) is 11.6 Å². The molecular weight excluding hydrogens is 484 g/mol. The lowest BCUT2D eigenvalue weighted by Crippen LogP contribution is -2.70. The van der Waals surface area contributed by atoms with Crippen LogP contribution in [0, 0.1) is 34.5 Å². The Bertz CT molecular complexity index is 912. The van der Waals surface area contributed by atoms with E-state index in [0.717, 1.165) is 18.4 Å². The highest BCUT2D eigenvalue weighted by Gasteiger charge is 2.76. The Morgan fingerprint density at radius 1 is 1.21 bits per heavy atom. The molecule has 0 aromatic heterocycles. The molecule has 4 rings (SSSR count). The second kappa shape index (κ2) is 8.01. The van der Waals surface area contributed by atoms with Crippen molar-refractivity contribution in [1.82, 2.24) is 0 Å². The molecule has 184 valence electrons. The van der Waals surface area contributed by atoms with Crippen LogP contribution in [0.2, 0.25) is 0 Å². The maximum atomic E-state index is 13.3. The van der Waals surface area contributed by atoms with Crippen LogP contribution in [0.15, 0.2) is 11.6 Å². The number of carbonyl (C=O) groups excluding carboxylic acids is 3. The summed E-state index contributed by atoms with van der Waals surface area (Å²) >= 11 is 4.12. The molecule has 0 aromatic carbocycles. The van der Waals surface area contributed by atoms with Gasteiger partial charge in [-0.05, 0) is 62.9 Å². The topological polar surface area (TPSA) is 80.7 Å². The van der Waals surface area contributed by atoms with Gasteiger partial charge in [0, 0.05) is 29.6 Å². The number of aliphatic hydroxyl groups is 1. The summed E-state index contributed by atoms with van der Waals surface area (Å²) in [5, 5.41) is 11.9. The Hall–Kier alpha value is -1.01. The average molecular weight is 524 g/mol. The fourth-order valence-corrected chi connectivity index (χ4v) is 9.86. The summed E-state index contributed by atoms with van der Waals surface area (Å²) in [6.45, 7) is 12.0. The summed E-state index contributed by atoms with van der Waals surface area (Å²) in [4.78, 5) is 38.3. The van der Waals surface area contributed by atoms with E-state index in [2.05, 4.69) is 36.7 Å². The molecule has 0 amide bonds. The second-order valence-electron chi connectivity index (χ2n) is 11.8. The van der Waals surface area contributed by atoms with Crippen molar-refractivity contribution in [2.24, 2.45) is 34.5 Å². The van der Waals surface area contributed by atoms with Gasteiger partial charge in [-0.2, -0.15) is 0 Å². The molecule has 0 heterocycles. The number of ketones is 2. The first kappa shape index (κ1) is 25.1. The van der Waals surface area contributed by atoms with Crippen molar-refractivity contribution < 1.29 is 24.2 Å². The zero-order chi connectivity index (χ0) is 24.6. The van der Waals surface area contributed by atoms with Crippen molar-refractivity contribution in [3.8, 4) is 0 Å². The van der Waals surface area contributed by atoms with Crippen LogP contribution >= 0.6 is 15.9 Å². The molecule has 0 bridgehead atoms. The number of Topliss-reactive ketones (excluding diaryl/α,β-unsaturated/α-hetero) is 1. The van der Waals surface area contributed by atoms with Crippen LogP contribution in [0.5, 0.6) is 0 Å². The van der Waals surface area contributed by atoms with Crippen LogP contribution in [0.3, 0.4) is 0 Å². The van der Waals surface area contributed by atoms with E-state index in [1.165, 1.54) is 0 Å². The molecule has 0 aliphatic heterocycles. The number of hydrogen-bond acceptors (Lipinski definition) is 5. The third kappa shape index (κ3) is 3.08. The van der Waals surface area contributed by atoms with Gasteiger partial charge >= 0.3 is 5.97 Å². The molecule has 9 atom stereocenters. The number of allylic oxidation sites excluding steroid dienone is 1. The summed E-state index contributed by atoms with van der Waals surface area (Å²) in [6.07, 6.45) is 5.25. The smallest absolute Gasteiger partial charge is 0.306 e. The number of alkyl halides is 1. The van der Waals surface area contributed by atoms with E-state index in [-0.39, 0.29) is 53.0 Å². The minimum absolute atomic E-state index is 0.102. The highest BCUT2D eigenvalue weighted by atomic mass is 79.9. The quantitative estimate of drug-likeness (QED) is 0.406. The molecule has 0 spiro atoms. The molecule has 3 unspecified atom stereocenters. The number of rotatable bonds is 4. The van der Waals surface area contributed by atoms with Gasteiger partial charge in [-0.3, -0.25) is 14.4 Å². The van der Waals surface area contributed by atoms with Gasteiger partial charge in [-0.15, -0.1) is 0 Å². The lowest BCUT2D eigenvalue weighted by Gasteiger charge is -2.66. The molecule has 5 nitrogen and oxygen atoms in total. The Kier molecular flexibility index (Phi) is 6.09. The minimum Gasteiger partial charge on any atom is -0.450 e. The fourth-order valence-electron chi connectivity index (χ4n) is 8.76. The third-order valence-corrected chi connectivity index (χ3v) is 12.1. The molecule has 3 saturated carbocycles. The Balaban J connectivity index is 1.84. The van der Waals surface area contributed by atoms with Crippen LogP contribution in [0.1, 0.15) is 86.5 Å². The van der Waals surface area contributed by atoms with Gasteiger partial charge in [-0.25, -0.2) is 0 Å². The first-order valence-corrected chi connectivity index (χ1v) is 13.4. The normalized spacial score (nSPS) is 48.9. The number of halogens is 1. The van der Waals surface area contributed by atoms with E-state index in [1.807, 2.05) is 19.9 Å². The molecule has 6 heteroatoms. The molecule has 3 fully saturated rings. The van der Waals surface area contributed by atoms with Crippen molar-refractivity contribution in [2.75, 3.05) is 0 Å². The van der Waals surface area contributed by atoms with Crippen molar-refractivity contribution in [3.63, 3.8) is 0 Å². The van der Waals surface area contributed by atoms with E-state index in [0.29, 0.717) is 25.7 Å². The monoisotopic (exact) mass is 522 g/mol. The first-order valence-electron chi connectivity index (χ1n) is 12.6. The van der Waals surface area contributed by atoms with Crippen molar-refractivity contribution in [1.29, 1.82) is 0 Å². The number of esters is 1. The summed E-state index contributed by atoms with van der Waals surface area (Å²) in [6, 6.07) is 0. The maximum absolute atomic E-state index is 13.3. The summed E-state index contributed by atoms with van der Waals surface area (Å²) in [5.41, 5.74) is -1.06. The van der Waals surface area contributed by atoms with E-state index >= 15 is 0 Å². The van der Waals surface area contributed by atoms with Crippen LogP contribution in [0.25, 0.3) is 0 Å². The first-order chi connectivity index (χ1) is 15.3. The zero-order valence-electron chi connectivity index (χ0n) is 20.9. The second-order valence-corrected chi connectivity index (χ2v) is 13.1. The average Bonchev–Trinajstić information content (AvgIpc) is 2.94. The number of fused-ring (bicyclic) bond motifs is 5. The van der Waals surface area contributed by atoms with Gasteiger partial charge < -0.3 is 9.84 Å². The largest absolute Gasteiger partial charge is 0.450 e. The highest BCUT2D eigenvalue weighted by molar-refractivity contribution is 9.10. The van der Waals surface area contributed by atoms with Crippen LogP contribution < -0.4 is 0 Å². The minimum atomic E-state index is -1.22. The fraction of sp³-hybridized carbons (Fsp3) is 0.815. The molecule has 0 saturated heterocycles. The molecule has 4 aliphatic carbocycles. The van der Waals surface area contributed by atoms with Crippen LogP contribution in [-0.2, 0) is 19.1 Å². The predicted octanol–water partition coefficient (Wildman–Crippen LogP) is 5.17. The van der Waals surface area contributed by atoms with E-state index in [9.17, 15) is 19.5 Å². The Labute approximate surface area is 206 Å². The number of hydrogen-bond donors (Lipinski definition) is 1. The summed E-state index contributed by atoms with van der Waals surface area (Å²) in [7, 11) is 0. The SMILES string of the molecule is CCCC(=O)O[C@]1(C(C)=O)C(C)C[C@H]2[C@@H]3CC(C)C4=CC(=O)CC[C@]4(C)[C@@]3(Br)C(O)C[C@@]21C. The molecule has 0 aromatic rings. The lowest BCUT2D eigenvalue weighted by atomic mass is 9.43. The molecule has 33 heavy (non-hydrogen) atoms. The predicted molar refractivity (Wildman–Crippen MR) is 130 cm³/mol. The standard InChI is InChI=1S/C27H39BrO5/c1-7-8-23(32)33-27(17(4)29)16(3)12-20-21-11-15(2)19-13-18(30)9-10-24(19,5)26(21,28)22(31)14-25(20,27)6/h13,15-16,20-22,31H,7-12,14H2,1-6H3/t15?,16?,20-,21-,22?,24-,25-,26-,27-/m0/s1. The number of ether oxygens (including phenoxy) is 1. The van der Waals surface area contributed by atoms with Gasteiger partial charge in [0.25, 0.3) is 0 Å². The lowest BCUT2D eigenvalue weighted by molar-refractivity contribution is -0.201. The van der Waals surface area contributed by atoms with E-state index in [4.69, 9.17) is 4.74 Å². The molecular formula is C27H39BrO5. The summed E-state index contributed by atoms with van der Waals surface area (Å²) in [5.74, 6) is 0.0453. The van der Waals surface area contributed by atoms with Gasteiger partial charge in [-0.1, -0.05) is 56.1 Å². The van der Waals surface area contributed by atoms with Gasteiger partial charge in [0.15, 0.2) is 17.2 Å². The Morgan fingerprint density at radius 3 is 2.48 bits per heavy atom. The van der Waals surface area contributed by atoms with Crippen molar-refractivity contribution >= 4 is 33.5 Å². The van der Waals surface area contributed by atoms with Crippen LogP contribution in [0.4, 0.5) is 0 Å². The maximum Gasteiger partial charge on any atom is 0.306 e. The van der Waals surface area contributed by atoms with Crippen molar-refractivity contribution in [2.45, 2.75) is 103 Å². The molecule has 0 radical (unpaired) electrons. The van der Waals surface area contributed by atoms with Gasteiger partial charge in [0.05, 0.1) is 10.4 Å². The third-order valence-electron chi connectivity index (χ3n) is 10.2. The number of carbonyl (C=O) groups is 3. The van der Waals surface area contributed by atoms with Crippen LogP contribution in [-0.4, -0.2) is 38.7 Å². The number of aliphatic hydroxyl groups excluding tert-OH is 1. The summed E-state index contributed by atoms with van der Waals surface area (Å²) < 4.78 is 5.57. The molecule has 4 aliphatic rings. The zero-order valence-corrected chi connectivity index (χ0v) is 22.5. The highest BCUT2D eigenvalue weighted by Crippen LogP contribution is 2.73. The molecule has 1 N–H and O–H groups in total. The van der Waals surface area contributed by atoms with E-state index < -0.39 is 21.4 Å². The Morgan fingerprint density at radius 2 is 1.88 bits per heavy atom. The van der Waals surface area contributed by atoms with Gasteiger partial charge in [0.1, 0.15) is 0 Å². The van der Waals surface area contributed by atoms with Gasteiger partial charge in [0.2, 0.25) is 0 Å². The van der Waals surface area contributed by atoms with E-state index in [1.54, 1.807) is 6.92 Å².